The fourth-order valence-corrected chi connectivity index (χ4v) is 6.20. The Labute approximate surface area is 244 Å². The maximum absolute atomic E-state index is 13.6. The van der Waals surface area contributed by atoms with Gasteiger partial charge >= 0.3 is 0 Å². The first kappa shape index (κ1) is 27.7. The van der Waals surface area contributed by atoms with Crippen molar-refractivity contribution in [3.63, 3.8) is 0 Å². The zero-order valence-corrected chi connectivity index (χ0v) is 24.2. The number of hydrogen-bond acceptors (Lipinski definition) is 7. The van der Waals surface area contributed by atoms with E-state index in [4.69, 9.17) is 4.99 Å². The number of carbonyl (C=O) groups excluding carboxylic acids is 2. The number of nitrogens with zero attached hydrogens (tertiary/aromatic N) is 7. The number of H-pyrrole nitrogens is 2. The van der Waals surface area contributed by atoms with Crippen LogP contribution in [0.25, 0.3) is 22.1 Å². The highest BCUT2D eigenvalue weighted by atomic mass is 16.2. The van der Waals surface area contributed by atoms with Crippen LogP contribution in [0.15, 0.2) is 54.8 Å². The number of fused-ring (bicyclic) bond motifs is 2. The van der Waals surface area contributed by atoms with Crippen LogP contribution in [0.1, 0.15) is 46.0 Å². The van der Waals surface area contributed by atoms with E-state index in [1.54, 1.807) is 12.7 Å². The standard InChI is InChI=1S/C30H38N10O2/c1-4-25(41)39-16-22(8-6-19(39)2)37-30-24-10-13-32-28(24)35-18-38(30)14-11-26(42)40-15-21(7-5-20(40)3)36-29-23-9-12-31-27(23)33-17-34-29/h4,9-10,12-13,17-22,32H,1,5-8,11,14-16H2,2-3H3,(H2,31,33,34,36)/t19-,20-,21+,22+/m0/s1. The Bertz CT molecular complexity index is 1670. The summed E-state index contributed by atoms with van der Waals surface area (Å²) >= 11 is 0. The topological polar surface area (TPSA) is 140 Å². The van der Waals surface area contributed by atoms with Gasteiger partial charge in [0.25, 0.3) is 0 Å². The molecule has 42 heavy (non-hydrogen) atoms. The summed E-state index contributed by atoms with van der Waals surface area (Å²) in [5.74, 6) is 0.819. The molecule has 3 N–H and O–H groups in total. The first-order chi connectivity index (χ1) is 20.4. The first-order valence-electron chi connectivity index (χ1n) is 14.7. The predicted molar refractivity (Wildman–Crippen MR) is 160 cm³/mol. The molecule has 0 saturated carbocycles. The minimum absolute atomic E-state index is 0.0465. The summed E-state index contributed by atoms with van der Waals surface area (Å²) in [5, 5.41) is 5.39. The molecule has 2 saturated heterocycles. The van der Waals surface area contributed by atoms with Crippen molar-refractivity contribution in [3.05, 3.63) is 55.3 Å². The molecule has 0 radical (unpaired) electrons. The van der Waals surface area contributed by atoms with Crippen molar-refractivity contribution < 1.29 is 9.59 Å². The molecule has 2 aliphatic heterocycles. The van der Waals surface area contributed by atoms with Gasteiger partial charge < -0.3 is 29.7 Å². The van der Waals surface area contributed by atoms with Gasteiger partial charge in [0.05, 0.1) is 23.1 Å². The van der Waals surface area contributed by atoms with Gasteiger partial charge in [-0.15, -0.1) is 0 Å². The summed E-state index contributed by atoms with van der Waals surface area (Å²) in [6, 6.07) is 4.30. The van der Waals surface area contributed by atoms with E-state index >= 15 is 0 Å². The predicted octanol–water partition coefficient (Wildman–Crippen LogP) is 2.98. The van der Waals surface area contributed by atoms with E-state index in [2.05, 4.69) is 50.7 Å². The lowest BCUT2D eigenvalue weighted by Gasteiger charge is -2.38. The third-order valence-corrected chi connectivity index (χ3v) is 8.65. The fourth-order valence-electron chi connectivity index (χ4n) is 6.20. The zero-order chi connectivity index (χ0) is 29.2. The van der Waals surface area contributed by atoms with Gasteiger partial charge in [0.2, 0.25) is 11.8 Å². The number of nitrogens with one attached hydrogen (secondary N) is 3. The molecule has 6 heterocycles. The van der Waals surface area contributed by atoms with Gasteiger partial charge in [0.1, 0.15) is 28.9 Å². The largest absolute Gasteiger partial charge is 0.365 e. The number of aromatic amines is 2. The fraction of sp³-hybridized carbons (Fsp3) is 0.467. The van der Waals surface area contributed by atoms with Crippen molar-refractivity contribution in [2.75, 3.05) is 18.4 Å². The number of likely N-dealkylation sites (tertiary alicyclic amines) is 2. The molecule has 0 spiro atoms. The highest BCUT2D eigenvalue weighted by molar-refractivity contribution is 5.87. The molecule has 12 nitrogen and oxygen atoms in total. The molecule has 0 aromatic carbocycles. The van der Waals surface area contributed by atoms with Crippen LogP contribution in [-0.2, 0) is 16.1 Å². The average Bonchev–Trinajstić information content (AvgIpc) is 3.68. The van der Waals surface area contributed by atoms with E-state index in [0.29, 0.717) is 26.1 Å². The van der Waals surface area contributed by atoms with Crippen LogP contribution in [0.4, 0.5) is 5.82 Å². The molecule has 0 unspecified atom stereocenters. The van der Waals surface area contributed by atoms with E-state index in [1.165, 1.54) is 6.08 Å². The molecule has 4 aromatic rings. The Morgan fingerprint density at radius 3 is 2.55 bits per heavy atom. The lowest BCUT2D eigenvalue weighted by atomic mass is 9.98. The van der Waals surface area contributed by atoms with Crippen LogP contribution in [0, 0.1) is 0 Å². The molecule has 6 rings (SSSR count). The second-order valence-corrected chi connectivity index (χ2v) is 11.4. The molecule has 4 aromatic heterocycles. The summed E-state index contributed by atoms with van der Waals surface area (Å²) in [5.41, 5.74) is 2.32. The molecule has 2 aliphatic rings. The van der Waals surface area contributed by atoms with Crippen molar-refractivity contribution >= 4 is 39.7 Å². The quantitative estimate of drug-likeness (QED) is 0.292. The van der Waals surface area contributed by atoms with E-state index in [9.17, 15) is 9.59 Å². The van der Waals surface area contributed by atoms with Crippen LogP contribution < -0.4 is 10.8 Å². The summed E-state index contributed by atoms with van der Waals surface area (Å²) < 4.78 is 1.97. The van der Waals surface area contributed by atoms with Crippen LogP contribution >= 0.6 is 0 Å². The van der Waals surface area contributed by atoms with Crippen LogP contribution in [0.2, 0.25) is 0 Å². The van der Waals surface area contributed by atoms with Crippen molar-refractivity contribution in [1.82, 2.24) is 39.3 Å². The van der Waals surface area contributed by atoms with Crippen LogP contribution in [0.3, 0.4) is 0 Å². The third kappa shape index (κ3) is 5.53. The van der Waals surface area contributed by atoms with Gasteiger partial charge in [0.15, 0.2) is 0 Å². The Morgan fingerprint density at radius 1 is 1.00 bits per heavy atom. The number of hydrogen-bond donors (Lipinski definition) is 3. The zero-order valence-electron chi connectivity index (χ0n) is 24.2. The van der Waals surface area contributed by atoms with Gasteiger partial charge in [-0.25, -0.2) is 15.0 Å². The smallest absolute Gasteiger partial charge is 0.246 e. The maximum Gasteiger partial charge on any atom is 0.246 e. The summed E-state index contributed by atoms with van der Waals surface area (Å²) in [4.78, 5) is 54.6. The lowest BCUT2D eigenvalue weighted by Crippen LogP contribution is -2.50. The lowest BCUT2D eigenvalue weighted by molar-refractivity contribution is -0.135. The second kappa shape index (κ2) is 11.8. The normalized spacial score (nSPS) is 23.4. The average molecular weight is 571 g/mol. The van der Waals surface area contributed by atoms with Crippen LogP contribution in [-0.4, -0.2) is 88.4 Å². The molecule has 4 atom stereocenters. The van der Waals surface area contributed by atoms with Gasteiger partial charge in [-0.2, -0.15) is 0 Å². The number of carbonyl (C=O) groups is 2. The Hall–Kier alpha value is -4.48. The number of aromatic nitrogens is 6. The van der Waals surface area contributed by atoms with Gasteiger partial charge in [-0.1, -0.05) is 6.58 Å². The summed E-state index contributed by atoms with van der Waals surface area (Å²) in [6.07, 6.45) is 12.3. The van der Waals surface area contributed by atoms with Crippen LogP contribution in [0.5, 0.6) is 0 Å². The summed E-state index contributed by atoms with van der Waals surface area (Å²) in [6.45, 7) is 9.46. The molecular formula is C30H38N10O2. The number of piperidine rings is 2. The van der Waals surface area contributed by atoms with Crippen molar-refractivity contribution in [2.45, 2.75) is 76.7 Å². The molecule has 0 aliphatic carbocycles. The van der Waals surface area contributed by atoms with Gasteiger partial charge in [-0.05, 0) is 57.7 Å². The first-order valence-corrected chi connectivity index (χ1v) is 14.7. The van der Waals surface area contributed by atoms with Crippen molar-refractivity contribution in [2.24, 2.45) is 4.99 Å². The number of aryl methyl sites for hydroxylation is 1. The monoisotopic (exact) mass is 570 g/mol. The van der Waals surface area contributed by atoms with Crippen molar-refractivity contribution in [1.29, 1.82) is 0 Å². The number of amides is 2. The van der Waals surface area contributed by atoms with E-state index < -0.39 is 0 Å². The molecular weight excluding hydrogens is 532 g/mol. The number of rotatable bonds is 7. The highest BCUT2D eigenvalue weighted by Gasteiger charge is 2.30. The Balaban J connectivity index is 1.18. The SMILES string of the molecule is C=CC(=O)N1C[C@H](N=c2c3cc[nH]c3ncn2CCC(=O)N2C[C@H](Nc3ncnc4[nH]ccc34)CC[C@@H]2C)CC[C@@H]1C. The Kier molecular flexibility index (Phi) is 7.77. The molecule has 2 amide bonds. The van der Waals surface area contributed by atoms with Crippen molar-refractivity contribution in [3.8, 4) is 0 Å². The summed E-state index contributed by atoms with van der Waals surface area (Å²) in [7, 11) is 0. The minimum Gasteiger partial charge on any atom is -0.365 e. The maximum atomic E-state index is 13.6. The van der Waals surface area contributed by atoms with Gasteiger partial charge in [0, 0.05) is 56.6 Å². The molecule has 12 heteroatoms. The van der Waals surface area contributed by atoms with E-state index in [0.717, 1.165) is 59.1 Å². The number of anilines is 1. The molecule has 220 valence electrons. The molecule has 0 bridgehead atoms. The second-order valence-electron chi connectivity index (χ2n) is 11.4. The Morgan fingerprint density at radius 2 is 1.74 bits per heavy atom. The third-order valence-electron chi connectivity index (χ3n) is 8.65. The van der Waals surface area contributed by atoms with E-state index in [1.807, 2.05) is 38.9 Å². The minimum atomic E-state index is -0.0666. The van der Waals surface area contributed by atoms with Gasteiger partial charge in [-0.3, -0.25) is 14.6 Å². The van der Waals surface area contributed by atoms with E-state index in [-0.39, 0.29) is 36.0 Å². The molecule has 2 fully saturated rings. The highest BCUT2D eigenvalue weighted by Crippen LogP contribution is 2.24.